The fourth-order valence-electron chi connectivity index (χ4n) is 2.99. The quantitative estimate of drug-likeness (QED) is 0.543. The molecule has 4 aromatic rings. The Morgan fingerprint density at radius 1 is 1.19 bits per heavy atom. The van der Waals surface area contributed by atoms with Gasteiger partial charge in [-0.15, -0.1) is 0 Å². The van der Waals surface area contributed by atoms with Gasteiger partial charge in [0.1, 0.15) is 5.25 Å². The van der Waals surface area contributed by atoms with Crippen LogP contribution < -0.4 is 0 Å². The molecule has 4 rings (SSSR count). The molecule has 1 unspecified atom stereocenters. The molecule has 0 aliphatic heterocycles. The first kappa shape index (κ1) is 17.1. The summed E-state index contributed by atoms with van der Waals surface area (Å²) in [5.41, 5.74) is 2.75. The van der Waals surface area contributed by atoms with Crippen LogP contribution in [0.1, 0.15) is 12.5 Å². The summed E-state index contributed by atoms with van der Waals surface area (Å²) >= 11 is 1.16. The van der Waals surface area contributed by atoms with Crippen LogP contribution in [0.4, 0.5) is 0 Å². The van der Waals surface area contributed by atoms with Crippen molar-refractivity contribution in [1.82, 2.24) is 14.5 Å². The molecule has 2 aromatic heterocycles. The number of aromatic nitrogens is 3. The number of nitrogens with zero attached hydrogens (tertiary/aromatic N) is 4. The van der Waals surface area contributed by atoms with Crippen LogP contribution >= 0.6 is 11.8 Å². The minimum Gasteiger partial charge on any atom is -0.480 e. The van der Waals surface area contributed by atoms with Crippen molar-refractivity contribution in [3.63, 3.8) is 0 Å². The molecule has 0 bridgehead atoms. The van der Waals surface area contributed by atoms with Crippen molar-refractivity contribution in [1.29, 1.82) is 5.26 Å². The van der Waals surface area contributed by atoms with E-state index in [1.54, 1.807) is 19.2 Å². The molecular formula is C20H14N4O2S. The number of thioether (sulfide) groups is 1. The Labute approximate surface area is 159 Å². The van der Waals surface area contributed by atoms with Gasteiger partial charge in [-0.05, 0) is 31.2 Å². The van der Waals surface area contributed by atoms with E-state index in [4.69, 9.17) is 0 Å². The number of rotatable bonds is 4. The lowest BCUT2D eigenvalue weighted by Crippen LogP contribution is -2.12. The van der Waals surface area contributed by atoms with Crippen molar-refractivity contribution in [3.8, 4) is 11.8 Å². The van der Waals surface area contributed by atoms with Crippen molar-refractivity contribution < 1.29 is 9.90 Å². The van der Waals surface area contributed by atoms with E-state index in [1.807, 2.05) is 47.0 Å². The number of hydrogen-bond acceptors (Lipinski definition) is 5. The lowest BCUT2D eigenvalue weighted by atomic mass is 10.0. The van der Waals surface area contributed by atoms with E-state index >= 15 is 0 Å². The number of carbonyl (C=O) groups is 1. The summed E-state index contributed by atoms with van der Waals surface area (Å²) in [6.45, 7) is 1.63. The number of fused-ring (bicyclic) bond motifs is 2. The van der Waals surface area contributed by atoms with Crippen LogP contribution in [0.15, 0.2) is 59.9 Å². The van der Waals surface area contributed by atoms with Gasteiger partial charge < -0.3 is 5.11 Å². The topological polar surface area (TPSA) is 91.8 Å². The lowest BCUT2D eigenvalue weighted by Gasteiger charge is -2.14. The van der Waals surface area contributed by atoms with Gasteiger partial charge in [0.05, 0.1) is 22.8 Å². The molecule has 7 heteroatoms. The normalized spacial score (nSPS) is 12.1. The molecular weight excluding hydrogens is 360 g/mol. The van der Waals surface area contributed by atoms with Crippen molar-refractivity contribution in [3.05, 3.63) is 60.3 Å². The van der Waals surface area contributed by atoms with E-state index in [-0.39, 0.29) is 0 Å². The molecule has 0 fully saturated rings. The predicted molar refractivity (Wildman–Crippen MR) is 104 cm³/mol. The largest absolute Gasteiger partial charge is 0.480 e. The van der Waals surface area contributed by atoms with Gasteiger partial charge in [-0.3, -0.25) is 9.36 Å². The third-order valence-electron chi connectivity index (χ3n) is 4.29. The molecule has 0 aliphatic carbocycles. The maximum Gasteiger partial charge on any atom is 0.316 e. The number of nitriles is 1. The number of hydrogen-bond donors (Lipinski definition) is 1. The van der Waals surface area contributed by atoms with E-state index in [9.17, 15) is 15.2 Å². The first-order chi connectivity index (χ1) is 13.1. The predicted octanol–water partition coefficient (Wildman–Crippen LogP) is 4.01. The summed E-state index contributed by atoms with van der Waals surface area (Å²) in [5.74, 6) is -0.906. The molecule has 0 radical (unpaired) electrons. The second kappa shape index (κ2) is 6.74. The van der Waals surface area contributed by atoms with Crippen LogP contribution in [-0.4, -0.2) is 30.9 Å². The fourth-order valence-corrected chi connectivity index (χ4v) is 3.85. The molecule has 132 valence electrons. The van der Waals surface area contributed by atoms with Crippen molar-refractivity contribution in [2.75, 3.05) is 0 Å². The van der Waals surface area contributed by atoms with Gasteiger partial charge in [-0.1, -0.05) is 36.0 Å². The van der Waals surface area contributed by atoms with Gasteiger partial charge in [0.2, 0.25) is 0 Å². The van der Waals surface area contributed by atoms with Crippen LogP contribution in [-0.2, 0) is 4.79 Å². The Kier molecular flexibility index (Phi) is 4.26. The molecule has 0 spiro atoms. The molecule has 1 N–H and O–H groups in total. The SMILES string of the molecule is CC(Sc1nc2ncccc2n1-c1ccc(C#N)c2ccccc12)C(=O)O. The molecule has 0 saturated heterocycles. The molecule has 0 aliphatic rings. The van der Waals surface area contributed by atoms with Crippen molar-refractivity contribution in [2.24, 2.45) is 0 Å². The zero-order valence-corrected chi connectivity index (χ0v) is 15.1. The lowest BCUT2D eigenvalue weighted by molar-refractivity contribution is -0.136. The fraction of sp³-hybridized carbons (Fsp3) is 0.100. The standard InChI is InChI=1S/C20H14N4O2S/c1-12(19(25)26)27-20-23-18-17(7-4-10-22-18)24(20)16-9-8-13(11-21)14-5-2-3-6-15(14)16/h2-10,12H,1H3,(H,25,26). The molecule has 2 heterocycles. The van der Waals surface area contributed by atoms with Crippen molar-refractivity contribution >= 4 is 39.7 Å². The second-order valence-electron chi connectivity index (χ2n) is 5.96. The minimum absolute atomic E-state index is 0.547. The molecule has 0 saturated carbocycles. The van der Waals surface area contributed by atoms with Gasteiger partial charge in [0.25, 0.3) is 0 Å². The summed E-state index contributed by atoms with van der Waals surface area (Å²) in [6, 6.07) is 17.2. The van der Waals surface area contributed by atoms with Crippen molar-refractivity contribution in [2.45, 2.75) is 17.3 Å². The van der Waals surface area contributed by atoms with Crippen LogP contribution in [0, 0.1) is 11.3 Å². The van der Waals surface area contributed by atoms with Crippen LogP contribution in [0.5, 0.6) is 0 Å². The highest BCUT2D eigenvalue weighted by molar-refractivity contribution is 8.00. The van der Waals surface area contributed by atoms with Gasteiger partial charge >= 0.3 is 5.97 Å². The summed E-state index contributed by atoms with van der Waals surface area (Å²) in [4.78, 5) is 20.2. The summed E-state index contributed by atoms with van der Waals surface area (Å²) < 4.78 is 1.91. The summed E-state index contributed by atoms with van der Waals surface area (Å²) in [6.07, 6.45) is 1.66. The van der Waals surface area contributed by atoms with E-state index in [0.717, 1.165) is 33.7 Å². The highest BCUT2D eigenvalue weighted by atomic mass is 32.2. The van der Waals surface area contributed by atoms with Gasteiger partial charge in [-0.25, -0.2) is 9.97 Å². The Bertz CT molecular complexity index is 1230. The third kappa shape index (κ3) is 2.90. The monoisotopic (exact) mass is 374 g/mol. The first-order valence-electron chi connectivity index (χ1n) is 8.25. The highest BCUT2D eigenvalue weighted by Crippen LogP contribution is 2.33. The van der Waals surface area contributed by atoms with E-state index in [1.165, 1.54) is 0 Å². The van der Waals surface area contributed by atoms with Crippen LogP contribution in [0.3, 0.4) is 0 Å². The molecule has 0 amide bonds. The average Bonchev–Trinajstić information content (AvgIpc) is 3.04. The average molecular weight is 374 g/mol. The number of aliphatic carboxylic acids is 1. The number of imidazole rings is 1. The number of benzene rings is 2. The Morgan fingerprint density at radius 3 is 2.70 bits per heavy atom. The van der Waals surface area contributed by atoms with Gasteiger partial charge in [0, 0.05) is 17.0 Å². The number of carboxylic acid groups (broad SMARTS) is 1. The zero-order valence-electron chi connectivity index (χ0n) is 14.3. The highest BCUT2D eigenvalue weighted by Gasteiger charge is 2.21. The minimum atomic E-state index is -0.906. The molecule has 2 aromatic carbocycles. The maximum atomic E-state index is 11.4. The smallest absolute Gasteiger partial charge is 0.316 e. The van der Waals surface area contributed by atoms with Gasteiger partial charge in [0.15, 0.2) is 10.8 Å². The molecule has 27 heavy (non-hydrogen) atoms. The zero-order chi connectivity index (χ0) is 19.0. The molecule has 1 atom stereocenters. The van der Waals surface area contributed by atoms with E-state index < -0.39 is 11.2 Å². The Hall–Kier alpha value is -3.37. The van der Waals surface area contributed by atoms with Crippen LogP contribution in [0.2, 0.25) is 0 Å². The number of pyridine rings is 1. The maximum absolute atomic E-state index is 11.4. The Balaban J connectivity index is 2.03. The third-order valence-corrected chi connectivity index (χ3v) is 5.33. The molecule has 6 nitrogen and oxygen atoms in total. The van der Waals surface area contributed by atoms with E-state index in [0.29, 0.717) is 16.4 Å². The summed E-state index contributed by atoms with van der Waals surface area (Å²) in [7, 11) is 0. The number of carboxylic acids is 1. The van der Waals surface area contributed by atoms with E-state index in [2.05, 4.69) is 16.0 Å². The van der Waals surface area contributed by atoms with Gasteiger partial charge in [-0.2, -0.15) is 5.26 Å². The Morgan fingerprint density at radius 2 is 1.96 bits per heavy atom. The van der Waals surface area contributed by atoms with Crippen LogP contribution in [0.25, 0.3) is 27.6 Å². The first-order valence-corrected chi connectivity index (χ1v) is 9.13. The summed E-state index contributed by atoms with van der Waals surface area (Å²) in [5, 5.41) is 20.3. The second-order valence-corrected chi connectivity index (χ2v) is 7.27.